The molecule has 158 valence electrons. The summed E-state index contributed by atoms with van der Waals surface area (Å²) in [5.41, 5.74) is 2.84. The molecule has 0 unspecified atom stereocenters. The van der Waals surface area contributed by atoms with Crippen LogP contribution in [0.4, 0.5) is 5.13 Å². The molecule has 2 aromatic carbocycles. The van der Waals surface area contributed by atoms with Crippen LogP contribution in [-0.4, -0.2) is 56.2 Å². The van der Waals surface area contributed by atoms with E-state index in [2.05, 4.69) is 4.90 Å². The fourth-order valence-electron chi connectivity index (χ4n) is 3.73. The fraction of sp³-hybridized carbons (Fsp3) is 0.364. The van der Waals surface area contributed by atoms with Crippen LogP contribution < -0.4 is 14.4 Å². The van der Waals surface area contributed by atoms with Gasteiger partial charge in [0.05, 0.1) is 30.4 Å². The largest absolute Gasteiger partial charge is 0.496 e. The molecule has 1 saturated heterocycles. The van der Waals surface area contributed by atoms with E-state index in [1.165, 1.54) is 0 Å². The van der Waals surface area contributed by atoms with Crippen molar-refractivity contribution in [3.05, 3.63) is 46.5 Å². The van der Waals surface area contributed by atoms with Crippen LogP contribution in [0.1, 0.15) is 11.1 Å². The number of halogens is 1. The van der Waals surface area contributed by atoms with Crippen molar-refractivity contribution in [2.45, 2.75) is 13.3 Å². The van der Waals surface area contributed by atoms with Gasteiger partial charge in [-0.1, -0.05) is 35.1 Å². The Morgan fingerprint density at radius 1 is 1.10 bits per heavy atom. The molecule has 1 amide bonds. The van der Waals surface area contributed by atoms with Crippen LogP contribution in [0.25, 0.3) is 10.2 Å². The summed E-state index contributed by atoms with van der Waals surface area (Å²) < 4.78 is 11.6. The number of piperazine rings is 1. The summed E-state index contributed by atoms with van der Waals surface area (Å²) >= 11 is 7.91. The number of fused-ring (bicyclic) bond motifs is 1. The number of methoxy groups -OCH3 is 2. The van der Waals surface area contributed by atoms with Crippen molar-refractivity contribution in [2.75, 3.05) is 45.3 Å². The number of carbonyl (C=O) groups is 1. The average molecular weight is 446 g/mol. The number of amides is 1. The lowest BCUT2D eigenvalue weighted by molar-refractivity contribution is -0.130. The Labute approximate surface area is 185 Å². The highest BCUT2D eigenvalue weighted by molar-refractivity contribution is 7.22. The topological polar surface area (TPSA) is 54.9 Å². The predicted octanol–water partition coefficient (Wildman–Crippen LogP) is 4.17. The Bertz CT molecular complexity index is 1080. The minimum Gasteiger partial charge on any atom is -0.496 e. The molecule has 1 aromatic heterocycles. The lowest BCUT2D eigenvalue weighted by Crippen LogP contribution is -2.49. The van der Waals surface area contributed by atoms with E-state index in [1.54, 1.807) is 25.6 Å². The Hall–Kier alpha value is -2.51. The molecule has 0 atom stereocenters. The van der Waals surface area contributed by atoms with Gasteiger partial charge in [0.2, 0.25) is 5.91 Å². The summed E-state index contributed by atoms with van der Waals surface area (Å²) in [4.78, 5) is 21.7. The highest BCUT2D eigenvalue weighted by Gasteiger charge is 2.24. The molecule has 4 rings (SSSR count). The second-order valence-corrected chi connectivity index (χ2v) is 8.66. The maximum absolute atomic E-state index is 12.8. The van der Waals surface area contributed by atoms with Gasteiger partial charge < -0.3 is 19.3 Å². The first-order chi connectivity index (χ1) is 14.5. The van der Waals surface area contributed by atoms with Gasteiger partial charge in [-0.05, 0) is 36.2 Å². The van der Waals surface area contributed by atoms with Gasteiger partial charge >= 0.3 is 0 Å². The predicted molar refractivity (Wildman–Crippen MR) is 121 cm³/mol. The van der Waals surface area contributed by atoms with E-state index in [4.69, 9.17) is 26.1 Å². The van der Waals surface area contributed by atoms with Crippen LogP contribution in [0.5, 0.6) is 11.5 Å². The number of hydrogen-bond donors (Lipinski definition) is 0. The van der Waals surface area contributed by atoms with Gasteiger partial charge in [0.25, 0.3) is 0 Å². The smallest absolute Gasteiger partial charge is 0.227 e. The third-order valence-corrected chi connectivity index (χ3v) is 6.96. The van der Waals surface area contributed by atoms with E-state index in [1.807, 2.05) is 42.2 Å². The van der Waals surface area contributed by atoms with Gasteiger partial charge in [0.1, 0.15) is 17.0 Å². The average Bonchev–Trinajstić information content (AvgIpc) is 3.21. The van der Waals surface area contributed by atoms with Gasteiger partial charge in [-0.15, -0.1) is 0 Å². The minimum atomic E-state index is 0.147. The van der Waals surface area contributed by atoms with Crippen LogP contribution in [0, 0.1) is 6.92 Å². The monoisotopic (exact) mass is 445 g/mol. The van der Waals surface area contributed by atoms with Crippen molar-refractivity contribution in [1.29, 1.82) is 0 Å². The van der Waals surface area contributed by atoms with E-state index >= 15 is 0 Å². The summed E-state index contributed by atoms with van der Waals surface area (Å²) in [5, 5.41) is 1.59. The Balaban J connectivity index is 1.41. The zero-order valence-electron chi connectivity index (χ0n) is 17.3. The second-order valence-electron chi connectivity index (χ2n) is 7.27. The minimum absolute atomic E-state index is 0.147. The lowest BCUT2D eigenvalue weighted by Gasteiger charge is -2.34. The normalized spacial score (nSPS) is 14.3. The third kappa shape index (κ3) is 4.04. The van der Waals surface area contributed by atoms with Crippen molar-refractivity contribution in [3.8, 4) is 11.5 Å². The van der Waals surface area contributed by atoms with Gasteiger partial charge in [-0.3, -0.25) is 4.79 Å². The van der Waals surface area contributed by atoms with E-state index < -0.39 is 0 Å². The van der Waals surface area contributed by atoms with Gasteiger partial charge in [0.15, 0.2) is 5.13 Å². The van der Waals surface area contributed by atoms with Gasteiger partial charge in [-0.2, -0.15) is 0 Å². The Morgan fingerprint density at radius 3 is 2.47 bits per heavy atom. The standard InChI is InChI=1S/C22H24ClN3O3S/c1-14-12-15(4-6-17(14)28-2)13-19(27)25-8-10-26(11-9-25)22-24-20-18(29-3)7-5-16(23)21(20)30-22/h4-7,12H,8-11,13H2,1-3H3. The molecule has 8 heteroatoms. The highest BCUT2D eigenvalue weighted by atomic mass is 35.5. The zero-order chi connectivity index (χ0) is 21.3. The number of aryl methyl sites for hydroxylation is 1. The molecule has 3 aromatic rings. The van der Waals surface area contributed by atoms with Crippen LogP contribution >= 0.6 is 22.9 Å². The van der Waals surface area contributed by atoms with E-state index in [0.29, 0.717) is 24.5 Å². The number of hydrogen-bond acceptors (Lipinski definition) is 6. The lowest BCUT2D eigenvalue weighted by atomic mass is 10.1. The molecule has 0 aliphatic carbocycles. The van der Waals surface area contributed by atoms with E-state index in [-0.39, 0.29) is 5.91 Å². The number of aromatic nitrogens is 1. The van der Waals surface area contributed by atoms with Crippen molar-refractivity contribution in [2.24, 2.45) is 0 Å². The molecule has 0 radical (unpaired) electrons. The summed E-state index contributed by atoms with van der Waals surface area (Å²) in [6.45, 7) is 4.83. The molecular weight excluding hydrogens is 422 g/mol. The first-order valence-electron chi connectivity index (χ1n) is 9.79. The number of ether oxygens (including phenoxy) is 2. The molecule has 2 heterocycles. The summed E-state index contributed by atoms with van der Waals surface area (Å²) in [6.07, 6.45) is 0.402. The van der Waals surface area contributed by atoms with Crippen molar-refractivity contribution in [3.63, 3.8) is 0 Å². The van der Waals surface area contributed by atoms with Crippen LogP contribution in [0.3, 0.4) is 0 Å². The third-order valence-electron chi connectivity index (χ3n) is 5.38. The maximum Gasteiger partial charge on any atom is 0.227 e. The summed E-state index contributed by atoms with van der Waals surface area (Å²) in [6, 6.07) is 9.57. The number of anilines is 1. The number of carbonyl (C=O) groups excluding carboxylic acids is 1. The van der Waals surface area contributed by atoms with Crippen LogP contribution in [-0.2, 0) is 11.2 Å². The molecule has 0 bridgehead atoms. The molecule has 30 heavy (non-hydrogen) atoms. The van der Waals surface area contributed by atoms with Crippen molar-refractivity contribution in [1.82, 2.24) is 9.88 Å². The van der Waals surface area contributed by atoms with Gasteiger partial charge in [-0.25, -0.2) is 4.98 Å². The molecule has 1 aliphatic rings. The molecule has 0 spiro atoms. The van der Waals surface area contributed by atoms with E-state index in [0.717, 1.165) is 51.1 Å². The molecule has 1 aliphatic heterocycles. The molecule has 0 N–H and O–H groups in total. The zero-order valence-corrected chi connectivity index (χ0v) is 18.8. The number of benzene rings is 2. The molecule has 0 saturated carbocycles. The van der Waals surface area contributed by atoms with Crippen molar-refractivity contribution >= 4 is 44.2 Å². The molecule has 1 fully saturated rings. The molecule has 6 nitrogen and oxygen atoms in total. The second kappa shape index (κ2) is 8.70. The summed E-state index contributed by atoms with van der Waals surface area (Å²) in [7, 11) is 3.29. The maximum atomic E-state index is 12.8. The Morgan fingerprint density at radius 2 is 1.80 bits per heavy atom. The van der Waals surface area contributed by atoms with Crippen molar-refractivity contribution < 1.29 is 14.3 Å². The number of rotatable bonds is 5. The SMILES string of the molecule is COc1ccc(CC(=O)N2CCN(c3nc4c(OC)ccc(Cl)c4s3)CC2)cc1C. The Kier molecular flexibility index (Phi) is 6.01. The first-order valence-corrected chi connectivity index (χ1v) is 11.0. The van der Waals surface area contributed by atoms with Crippen LogP contribution in [0.2, 0.25) is 5.02 Å². The van der Waals surface area contributed by atoms with Gasteiger partial charge in [0, 0.05) is 26.2 Å². The fourth-order valence-corrected chi connectivity index (χ4v) is 5.03. The van der Waals surface area contributed by atoms with E-state index in [9.17, 15) is 4.79 Å². The van der Waals surface area contributed by atoms with Crippen LogP contribution in [0.15, 0.2) is 30.3 Å². The number of thiazole rings is 1. The summed E-state index contributed by atoms with van der Waals surface area (Å²) in [5.74, 6) is 1.71. The quantitative estimate of drug-likeness (QED) is 0.590. The highest BCUT2D eigenvalue weighted by Crippen LogP contribution is 2.38. The first kappa shape index (κ1) is 20.8. The molecular formula is C22H24ClN3O3S. The number of nitrogens with zero attached hydrogens (tertiary/aromatic N) is 3.